The lowest BCUT2D eigenvalue weighted by Gasteiger charge is -2.29. The highest BCUT2D eigenvalue weighted by atomic mass is 32.2. The predicted octanol–water partition coefficient (Wildman–Crippen LogP) is 3.97. The lowest BCUT2D eigenvalue weighted by atomic mass is 10.0. The van der Waals surface area contributed by atoms with E-state index < -0.39 is 0 Å². The fourth-order valence-corrected chi connectivity index (χ4v) is 3.94. The minimum Gasteiger partial charge on any atom is -0.326 e. The van der Waals surface area contributed by atoms with E-state index in [4.69, 9.17) is 0 Å². The van der Waals surface area contributed by atoms with Crippen LogP contribution in [0.15, 0.2) is 24.3 Å². The highest BCUT2D eigenvalue weighted by molar-refractivity contribution is 8.00. The van der Waals surface area contributed by atoms with Crippen LogP contribution >= 0.6 is 11.8 Å². The van der Waals surface area contributed by atoms with Gasteiger partial charge in [0.05, 0.1) is 0 Å². The molecule has 1 amide bonds. The molecular weight excluding hydrogens is 280 g/mol. The van der Waals surface area contributed by atoms with Crippen LogP contribution in [0.2, 0.25) is 0 Å². The Morgan fingerprint density at radius 3 is 2.71 bits per heavy atom. The molecule has 1 aromatic carbocycles. The first-order chi connectivity index (χ1) is 10.0. The molecule has 2 N–H and O–H groups in total. The number of hydrogen-bond acceptors (Lipinski definition) is 3. The number of thioether (sulfide) groups is 1. The molecule has 1 atom stereocenters. The summed E-state index contributed by atoms with van der Waals surface area (Å²) in [5.41, 5.74) is 2.09. The van der Waals surface area contributed by atoms with Crippen LogP contribution in [0.5, 0.6) is 0 Å². The highest BCUT2D eigenvalue weighted by Gasteiger charge is 2.32. The first-order valence-electron chi connectivity index (χ1n) is 7.71. The molecule has 0 heterocycles. The van der Waals surface area contributed by atoms with Crippen molar-refractivity contribution in [2.24, 2.45) is 0 Å². The number of amides is 1. The van der Waals surface area contributed by atoms with E-state index in [1.807, 2.05) is 23.9 Å². The summed E-state index contributed by atoms with van der Waals surface area (Å²) in [4.78, 5) is 11.1. The molecule has 0 spiro atoms. The summed E-state index contributed by atoms with van der Waals surface area (Å²) in [6.45, 7) is 4.78. The molecule has 0 saturated heterocycles. The second-order valence-corrected chi connectivity index (χ2v) is 7.28. The van der Waals surface area contributed by atoms with E-state index in [0.717, 1.165) is 12.2 Å². The molecule has 1 aliphatic carbocycles. The van der Waals surface area contributed by atoms with Crippen LogP contribution in [0.4, 0.5) is 5.69 Å². The molecule has 0 aliphatic heterocycles. The van der Waals surface area contributed by atoms with Crippen molar-refractivity contribution >= 4 is 23.4 Å². The third-order valence-electron chi connectivity index (χ3n) is 4.39. The van der Waals surface area contributed by atoms with Gasteiger partial charge >= 0.3 is 0 Å². The molecule has 1 saturated carbocycles. The molecule has 1 aromatic rings. The number of anilines is 1. The molecule has 3 nitrogen and oxygen atoms in total. The SMILES string of the molecule is CSC1(CNC(C)c2cccc(NC(C)=O)c2)CCCC1. The minimum absolute atomic E-state index is 0.0277. The van der Waals surface area contributed by atoms with Gasteiger partial charge in [0.1, 0.15) is 0 Å². The second-order valence-electron chi connectivity index (χ2n) is 6.00. The van der Waals surface area contributed by atoms with Gasteiger partial charge in [-0.25, -0.2) is 0 Å². The standard InChI is InChI=1S/C17H26N2OS/c1-13(18-12-17(21-3)9-4-5-10-17)15-7-6-8-16(11-15)19-14(2)20/h6-8,11,13,18H,4-5,9-10,12H2,1-3H3,(H,19,20). The van der Waals surface area contributed by atoms with Gasteiger partial charge in [-0.15, -0.1) is 0 Å². The topological polar surface area (TPSA) is 41.1 Å². The van der Waals surface area contributed by atoms with Crippen molar-refractivity contribution in [1.82, 2.24) is 5.32 Å². The maximum Gasteiger partial charge on any atom is 0.221 e. The molecule has 1 fully saturated rings. The highest BCUT2D eigenvalue weighted by Crippen LogP contribution is 2.40. The van der Waals surface area contributed by atoms with Gasteiger partial charge in [-0.3, -0.25) is 4.79 Å². The van der Waals surface area contributed by atoms with E-state index in [9.17, 15) is 4.79 Å². The minimum atomic E-state index is -0.0277. The number of benzene rings is 1. The molecule has 116 valence electrons. The van der Waals surface area contributed by atoms with Crippen LogP contribution in [0.25, 0.3) is 0 Å². The van der Waals surface area contributed by atoms with Crippen molar-refractivity contribution in [2.45, 2.75) is 50.3 Å². The van der Waals surface area contributed by atoms with Crippen molar-refractivity contribution < 1.29 is 4.79 Å². The molecule has 21 heavy (non-hydrogen) atoms. The summed E-state index contributed by atoms with van der Waals surface area (Å²) < 4.78 is 0.420. The average molecular weight is 306 g/mol. The van der Waals surface area contributed by atoms with Crippen LogP contribution in [-0.4, -0.2) is 23.5 Å². The van der Waals surface area contributed by atoms with E-state index in [-0.39, 0.29) is 5.91 Å². The van der Waals surface area contributed by atoms with Gasteiger partial charge in [-0.2, -0.15) is 11.8 Å². The summed E-state index contributed by atoms with van der Waals surface area (Å²) in [7, 11) is 0. The third kappa shape index (κ3) is 4.48. The van der Waals surface area contributed by atoms with Gasteiger partial charge < -0.3 is 10.6 Å². The zero-order chi connectivity index (χ0) is 15.3. The van der Waals surface area contributed by atoms with Gasteiger partial charge in [0.25, 0.3) is 0 Å². The van der Waals surface area contributed by atoms with Crippen molar-refractivity contribution in [3.63, 3.8) is 0 Å². The van der Waals surface area contributed by atoms with Crippen LogP contribution in [0.1, 0.15) is 51.1 Å². The number of rotatable bonds is 6. The van der Waals surface area contributed by atoms with Crippen LogP contribution in [0.3, 0.4) is 0 Å². The molecule has 2 rings (SSSR count). The van der Waals surface area contributed by atoms with E-state index in [2.05, 4.69) is 35.9 Å². The molecular formula is C17H26N2OS. The largest absolute Gasteiger partial charge is 0.326 e. The number of hydrogen-bond donors (Lipinski definition) is 2. The van der Waals surface area contributed by atoms with Gasteiger partial charge in [0, 0.05) is 29.9 Å². The first-order valence-corrected chi connectivity index (χ1v) is 8.93. The molecule has 4 heteroatoms. The maximum absolute atomic E-state index is 11.1. The summed E-state index contributed by atoms with van der Waals surface area (Å²) in [6, 6.07) is 8.39. The quantitative estimate of drug-likeness (QED) is 0.835. The Morgan fingerprint density at radius 1 is 1.38 bits per heavy atom. The maximum atomic E-state index is 11.1. The Hall–Kier alpha value is -1.00. The number of carbonyl (C=O) groups is 1. The normalized spacial score (nSPS) is 18.4. The van der Waals surface area contributed by atoms with E-state index in [1.165, 1.54) is 38.2 Å². The van der Waals surface area contributed by atoms with E-state index in [0.29, 0.717) is 10.8 Å². The Balaban J connectivity index is 1.96. The summed E-state index contributed by atoms with van der Waals surface area (Å²) in [6.07, 6.45) is 7.58. The van der Waals surface area contributed by atoms with Gasteiger partial charge in [0.2, 0.25) is 5.91 Å². The third-order valence-corrected chi connectivity index (χ3v) is 5.80. The zero-order valence-electron chi connectivity index (χ0n) is 13.2. The fourth-order valence-electron chi connectivity index (χ4n) is 3.02. The van der Waals surface area contributed by atoms with Crippen molar-refractivity contribution in [1.29, 1.82) is 0 Å². The van der Waals surface area contributed by atoms with E-state index >= 15 is 0 Å². The Bertz CT molecular complexity index is 483. The summed E-state index contributed by atoms with van der Waals surface area (Å²) in [5.74, 6) is -0.0277. The second kappa shape index (κ2) is 7.32. The van der Waals surface area contributed by atoms with Crippen LogP contribution in [-0.2, 0) is 4.79 Å². The average Bonchev–Trinajstić information content (AvgIpc) is 2.94. The van der Waals surface area contributed by atoms with Crippen LogP contribution < -0.4 is 10.6 Å². The molecule has 1 unspecified atom stereocenters. The van der Waals surface area contributed by atoms with Crippen molar-refractivity contribution in [2.75, 3.05) is 18.1 Å². The van der Waals surface area contributed by atoms with Gasteiger partial charge in [-0.1, -0.05) is 25.0 Å². The first kappa shape index (κ1) is 16.4. The molecule has 0 bridgehead atoms. The zero-order valence-corrected chi connectivity index (χ0v) is 14.1. The Labute approximate surface area is 132 Å². The summed E-state index contributed by atoms with van der Waals surface area (Å²) >= 11 is 2.01. The fraction of sp³-hybridized carbons (Fsp3) is 0.588. The van der Waals surface area contributed by atoms with Gasteiger partial charge in [-0.05, 0) is 43.7 Å². The lowest BCUT2D eigenvalue weighted by molar-refractivity contribution is -0.114. The lowest BCUT2D eigenvalue weighted by Crippen LogP contribution is -2.36. The van der Waals surface area contributed by atoms with E-state index in [1.54, 1.807) is 0 Å². The predicted molar refractivity (Wildman–Crippen MR) is 91.9 cm³/mol. The molecule has 0 aromatic heterocycles. The Morgan fingerprint density at radius 2 is 2.10 bits per heavy atom. The number of carbonyl (C=O) groups excluding carboxylic acids is 1. The molecule has 1 aliphatic rings. The summed E-state index contributed by atoms with van der Waals surface area (Å²) in [5, 5.41) is 6.52. The Kier molecular flexibility index (Phi) is 5.71. The van der Waals surface area contributed by atoms with Crippen LogP contribution in [0, 0.1) is 0 Å². The van der Waals surface area contributed by atoms with Gasteiger partial charge in [0.15, 0.2) is 0 Å². The van der Waals surface area contributed by atoms with Crippen molar-refractivity contribution in [3.05, 3.63) is 29.8 Å². The van der Waals surface area contributed by atoms with Crippen molar-refractivity contribution in [3.8, 4) is 0 Å². The smallest absolute Gasteiger partial charge is 0.221 e. The number of nitrogens with one attached hydrogen (secondary N) is 2. The molecule has 0 radical (unpaired) electrons. The monoisotopic (exact) mass is 306 g/mol.